The SMILES string of the molecule is CCN(CC)C(C)n1c(N2CCC(Cc3ccccc3)CC2)cc2cc(C(N)=O)c(OC)cc21. The van der Waals surface area contributed by atoms with Crippen molar-refractivity contribution in [3.63, 3.8) is 0 Å². The molecule has 1 aliphatic heterocycles. The highest BCUT2D eigenvalue weighted by Crippen LogP contribution is 2.37. The molecule has 0 spiro atoms. The van der Waals surface area contributed by atoms with Gasteiger partial charge in [-0.1, -0.05) is 44.2 Å². The predicted molar refractivity (Wildman–Crippen MR) is 140 cm³/mol. The van der Waals surface area contributed by atoms with E-state index in [0.29, 0.717) is 17.2 Å². The Morgan fingerprint density at radius 3 is 2.38 bits per heavy atom. The highest BCUT2D eigenvalue weighted by atomic mass is 16.5. The van der Waals surface area contributed by atoms with Gasteiger partial charge in [0.25, 0.3) is 5.91 Å². The molecule has 1 amide bonds. The molecule has 2 aromatic carbocycles. The molecule has 1 atom stereocenters. The fourth-order valence-electron chi connectivity index (χ4n) is 5.47. The molecule has 0 bridgehead atoms. The number of nitrogens with zero attached hydrogens (tertiary/aromatic N) is 3. The van der Waals surface area contributed by atoms with Crippen molar-refractivity contribution in [2.24, 2.45) is 11.7 Å². The zero-order chi connectivity index (χ0) is 24.2. The summed E-state index contributed by atoms with van der Waals surface area (Å²) in [6, 6.07) is 16.9. The van der Waals surface area contributed by atoms with Gasteiger partial charge in [-0.15, -0.1) is 0 Å². The number of methoxy groups -OCH3 is 1. The monoisotopic (exact) mass is 462 g/mol. The Bertz CT molecular complexity index is 1110. The second kappa shape index (κ2) is 10.5. The second-order valence-electron chi connectivity index (χ2n) is 9.32. The maximum Gasteiger partial charge on any atom is 0.252 e. The Hall–Kier alpha value is -2.99. The molecule has 0 radical (unpaired) electrons. The van der Waals surface area contributed by atoms with Crippen molar-refractivity contribution in [3.05, 3.63) is 59.7 Å². The van der Waals surface area contributed by atoms with Crippen LogP contribution in [0.15, 0.2) is 48.5 Å². The molecule has 2 N–H and O–H groups in total. The summed E-state index contributed by atoms with van der Waals surface area (Å²) in [6.45, 7) is 10.6. The molecule has 6 heteroatoms. The Balaban J connectivity index is 1.68. The summed E-state index contributed by atoms with van der Waals surface area (Å²) in [5.74, 6) is 1.97. The highest BCUT2D eigenvalue weighted by molar-refractivity contribution is 6.01. The average molecular weight is 463 g/mol. The van der Waals surface area contributed by atoms with Gasteiger partial charge in [-0.05, 0) is 62.9 Å². The molecule has 1 aliphatic rings. The van der Waals surface area contributed by atoms with Gasteiger partial charge in [0.1, 0.15) is 11.6 Å². The third kappa shape index (κ3) is 4.78. The molecule has 2 heterocycles. The van der Waals surface area contributed by atoms with E-state index in [0.717, 1.165) is 43.5 Å². The van der Waals surface area contributed by atoms with Crippen LogP contribution in [0.2, 0.25) is 0 Å². The number of piperidine rings is 1. The van der Waals surface area contributed by atoms with Crippen LogP contribution < -0.4 is 15.4 Å². The normalized spacial score (nSPS) is 15.7. The summed E-state index contributed by atoms with van der Waals surface area (Å²) in [5, 5.41) is 1.02. The predicted octanol–water partition coefficient (Wildman–Crippen LogP) is 5.07. The van der Waals surface area contributed by atoms with E-state index in [1.54, 1.807) is 7.11 Å². The molecule has 1 aromatic heterocycles. The van der Waals surface area contributed by atoms with Crippen molar-refractivity contribution < 1.29 is 9.53 Å². The number of ether oxygens (including phenoxy) is 1. The smallest absolute Gasteiger partial charge is 0.252 e. The van der Waals surface area contributed by atoms with Crippen LogP contribution in [0.1, 0.15) is 55.7 Å². The second-order valence-corrected chi connectivity index (χ2v) is 9.32. The summed E-state index contributed by atoms with van der Waals surface area (Å²) < 4.78 is 7.96. The molecule has 1 fully saturated rings. The summed E-state index contributed by atoms with van der Waals surface area (Å²) in [7, 11) is 1.59. The number of benzene rings is 2. The molecule has 1 saturated heterocycles. The molecule has 1 unspecified atom stereocenters. The summed E-state index contributed by atoms with van der Waals surface area (Å²) in [5.41, 5.74) is 8.58. The van der Waals surface area contributed by atoms with Crippen molar-refractivity contribution in [1.82, 2.24) is 9.47 Å². The number of carbonyl (C=O) groups is 1. The minimum Gasteiger partial charge on any atom is -0.496 e. The molecular formula is C28H38N4O2. The molecule has 3 aromatic rings. The van der Waals surface area contributed by atoms with Crippen LogP contribution in [0, 0.1) is 5.92 Å². The van der Waals surface area contributed by atoms with Gasteiger partial charge in [0.05, 0.1) is 24.4 Å². The number of aromatic nitrogens is 1. The van der Waals surface area contributed by atoms with Gasteiger partial charge in [-0.25, -0.2) is 0 Å². The first-order chi connectivity index (χ1) is 16.5. The number of amides is 1. The first kappa shape index (κ1) is 24.1. The van der Waals surface area contributed by atoms with Gasteiger partial charge in [0.2, 0.25) is 0 Å². The maximum absolute atomic E-state index is 12.1. The third-order valence-corrected chi connectivity index (χ3v) is 7.43. The molecule has 182 valence electrons. The topological polar surface area (TPSA) is 63.7 Å². The number of hydrogen-bond acceptors (Lipinski definition) is 4. The lowest BCUT2D eigenvalue weighted by Crippen LogP contribution is -2.38. The maximum atomic E-state index is 12.1. The lowest BCUT2D eigenvalue weighted by molar-refractivity contribution is 0.0997. The van der Waals surface area contributed by atoms with Crippen LogP contribution in [0.25, 0.3) is 10.9 Å². The van der Waals surface area contributed by atoms with Crippen LogP contribution in [0.4, 0.5) is 5.82 Å². The summed E-state index contributed by atoms with van der Waals surface area (Å²) >= 11 is 0. The van der Waals surface area contributed by atoms with Gasteiger partial charge in [-0.3, -0.25) is 9.69 Å². The van der Waals surface area contributed by atoms with Crippen molar-refractivity contribution in [2.75, 3.05) is 38.2 Å². The zero-order valence-corrected chi connectivity index (χ0v) is 21.0. The molecule has 0 aliphatic carbocycles. The van der Waals surface area contributed by atoms with Crippen molar-refractivity contribution in [3.8, 4) is 5.75 Å². The first-order valence-corrected chi connectivity index (χ1v) is 12.5. The van der Waals surface area contributed by atoms with Crippen LogP contribution in [-0.2, 0) is 6.42 Å². The van der Waals surface area contributed by atoms with Gasteiger partial charge >= 0.3 is 0 Å². The highest BCUT2D eigenvalue weighted by Gasteiger charge is 2.27. The van der Waals surface area contributed by atoms with Gasteiger partial charge in [-0.2, -0.15) is 0 Å². The number of carbonyl (C=O) groups excluding carboxylic acids is 1. The number of primary amides is 1. The minimum absolute atomic E-state index is 0.175. The zero-order valence-electron chi connectivity index (χ0n) is 21.0. The van der Waals surface area contributed by atoms with E-state index >= 15 is 0 Å². The number of anilines is 1. The van der Waals surface area contributed by atoms with E-state index in [1.807, 2.05) is 12.1 Å². The van der Waals surface area contributed by atoms with Crippen molar-refractivity contribution in [1.29, 1.82) is 0 Å². The fourth-order valence-corrected chi connectivity index (χ4v) is 5.47. The van der Waals surface area contributed by atoms with Crippen LogP contribution in [0.5, 0.6) is 5.75 Å². The first-order valence-electron chi connectivity index (χ1n) is 12.5. The van der Waals surface area contributed by atoms with E-state index in [9.17, 15) is 4.79 Å². The van der Waals surface area contributed by atoms with Crippen LogP contribution in [-0.4, -0.2) is 48.7 Å². The number of nitrogens with two attached hydrogens (primary N) is 1. The van der Waals surface area contributed by atoms with E-state index in [1.165, 1.54) is 24.2 Å². The Morgan fingerprint density at radius 1 is 1.12 bits per heavy atom. The van der Waals surface area contributed by atoms with E-state index < -0.39 is 5.91 Å². The quantitative estimate of drug-likeness (QED) is 0.482. The minimum atomic E-state index is -0.466. The van der Waals surface area contributed by atoms with E-state index in [-0.39, 0.29) is 6.17 Å². The van der Waals surface area contributed by atoms with E-state index in [4.69, 9.17) is 10.5 Å². The van der Waals surface area contributed by atoms with E-state index in [2.05, 4.69) is 71.5 Å². The fraction of sp³-hybridized carbons (Fsp3) is 0.464. The number of hydrogen-bond donors (Lipinski definition) is 1. The third-order valence-electron chi connectivity index (χ3n) is 7.43. The largest absolute Gasteiger partial charge is 0.496 e. The van der Waals surface area contributed by atoms with Gasteiger partial charge < -0.3 is 19.9 Å². The standard InChI is InChI=1S/C28H38N4O2/c1-5-30(6-2)20(3)32-25-19-26(34-4)24(28(29)33)17-23(25)18-27(32)31-14-12-22(13-15-31)16-21-10-8-7-9-11-21/h7-11,17-20,22H,5-6,12-16H2,1-4H3,(H2,29,33). The van der Waals surface area contributed by atoms with Crippen LogP contribution in [0.3, 0.4) is 0 Å². The lowest BCUT2D eigenvalue weighted by atomic mass is 9.90. The van der Waals surface area contributed by atoms with Crippen molar-refractivity contribution >= 4 is 22.6 Å². The Labute approximate surface area is 203 Å². The number of rotatable bonds is 9. The molecule has 6 nitrogen and oxygen atoms in total. The molecule has 4 rings (SSSR count). The lowest BCUT2D eigenvalue weighted by Gasteiger charge is -2.37. The summed E-state index contributed by atoms with van der Waals surface area (Å²) in [6.07, 6.45) is 3.67. The van der Waals surface area contributed by atoms with Gasteiger partial charge in [0.15, 0.2) is 0 Å². The molecular weight excluding hydrogens is 424 g/mol. The Kier molecular flexibility index (Phi) is 7.47. The number of fused-ring (bicyclic) bond motifs is 1. The van der Waals surface area contributed by atoms with Gasteiger partial charge in [0, 0.05) is 24.5 Å². The summed E-state index contributed by atoms with van der Waals surface area (Å²) in [4.78, 5) is 17.0. The Morgan fingerprint density at radius 2 is 1.79 bits per heavy atom. The molecule has 34 heavy (non-hydrogen) atoms. The molecule has 0 saturated carbocycles. The van der Waals surface area contributed by atoms with Crippen molar-refractivity contribution in [2.45, 2.75) is 46.2 Å². The average Bonchev–Trinajstić information content (AvgIpc) is 3.23. The van der Waals surface area contributed by atoms with Crippen LogP contribution >= 0.6 is 0 Å².